The van der Waals surface area contributed by atoms with E-state index in [1.807, 2.05) is 23.6 Å². The average molecular weight is 413 g/mol. The van der Waals surface area contributed by atoms with Crippen LogP contribution in [0.5, 0.6) is 11.5 Å². The lowest BCUT2D eigenvalue weighted by molar-refractivity contribution is -0.384. The lowest BCUT2D eigenvalue weighted by Crippen LogP contribution is -2.15. The monoisotopic (exact) mass is 413 g/mol. The van der Waals surface area contributed by atoms with E-state index in [0.717, 1.165) is 10.2 Å². The lowest BCUT2D eigenvalue weighted by Gasteiger charge is -2.08. The zero-order valence-corrected chi connectivity index (χ0v) is 16.9. The zero-order chi connectivity index (χ0) is 21.0. The van der Waals surface area contributed by atoms with Crippen LogP contribution in [0.1, 0.15) is 12.5 Å². The van der Waals surface area contributed by atoms with Gasteiger partial charge in [-0.2, -0.15) is 4.99 Å². The highest BCUT2D eigenvalue weighted by molar-refractivity contribution is 7.16. The molecule has 150 valence electrons. The molecule has 0 atom stereocenters. The van der Waals surface area contributed by atoms with Gasteiger partial charge in [-0.25, -0.2) is 0 Å². The van der Waals surface area contributed by atoms with Gasteiger partial charge in [-0.1, -0.05) is 23.5 Å². The molecular formula is C20H19N3O5S. The van der Waals surface area contributed by atoms with E-state index in [1.165, 1.54) is 35.6 Å². The highest BCUT2D eigenvalue weighted by Crippen LogP contribution is 2.33. The molecule has 0 aliphatic carbocycles. The van der Waals surface area contributed by atoms with Crippen LogP contribution in [0, 0.1) is 10.1 Å². The van der Waals surface area contributed by atoms with E-state index in [2.05, 4.69) is 4.99 Å². The van der Waals surface area contributed by atoms with E-state index in [0.29, 0.717) is 28.4 Å². The van der Waals surface area contributed by atoms with Crippen molar-refractivity contribution >= 4 is 39.2 Å². The molecule has 8 nitrogen and oxygen atoms in total. The van der Waals surface area contributed by atoms with Crippen molar-refractivity contribution in [1.82, 2.24) is 4.57 Å². The molecule has 0 aliphatic rings. The molecule has 29 heavy (non-hydrogen) atoms. The first-order valence-electron chi connectivity index (χ1n) is 8.73. The van der Waals surface area contributed by atoms with Crippen LogP contribution < -0.4 is 14.3 Å². The summed E-state index contributed by atoms with van der Waals surface area (Å²) in [6.45, 7) is 2.58. The SMILES string of the molecule is CCn1c(=NC(=O)C=Cc2cccc([N+](=O)[O-])c2)sc2cc(OC)c(OC)cc21. The largest absolute Gasteiger partial charge is 0.493 e. The number of aryl methyl sites for hydroxylation is 1. The Labute approximate surface area is 170 Å². The average Bonchev–Trinajstić information content (AvgIpc) is 3.06. The Bertz CT molecular complexity index is 1180. The number of carbonyl (C=O) groups is 1. The summed E-state index contributed by atoms with van der Waals surface area (Å²) in [5.74, 6) is 0.751. The molecule has 0 fully saturated rings. The van der Waals surface area contributed by atoms with Crippen molar-refractivity contribution < 1.29 is 19.2 Å². The van der Waals surface area contributed by atoms with E-state index in [9.17, 15) is 14.9 Å². The van der Waals surface area contributed by atoms with Crippen LogP contribution in [0.25, 0.3) is 16.3 Å². The van der Waals surface area contributed by atoms with Gasteiger partial charge in [-0.3, -0.25) is 14.9 Å². The van der Waals surface area contributed by atoms with Gasteiger partial charge in [-0.15, -0.1) is 0 Å². The van der Waals surface area contributed by atoms with E-state index >= 15 is 0 Å². The van der Waals surface area contributed by atoms with E-state index in [4.69, 9.17) is 9.47 Å². The molecule has 0 saturated heterocycles. The maximum Gasteiger partial charge on any atom is 0.272 e. The van der Waals surface area contributed by atoms with Crippen molar-refractivity contribution in [3.63, 3.8) is 0 Å². The maximum absolute atomic E-state index is 12.4. The van der Waals surface area contributed by atoms with Crippen LogP contribution in [0.2, 0.25) is 0 Å². The highest BCUT2D eigenvalue weighted by atomic mass is 32.1. The van der Waals surface area contributed by atoms with Crippen LogP contribution in [-0.4, -0.2) is 29.6 Å². The summed E-state index contributed by atoms with van der Waals surface area (Å²) in [7, 11) is 3.14. The van der Waals surface area contributed by atoms with Crippen LogP contribution >= 0.6 is 11.3 Å². The van der Waals surface area contributed by atoms with Gasteiger partial charge in [0, 0.05) is 36.9 Å². The molecule has 2 aromatic carbocycles. The number of aromatic nitrogens is 1. The van der Waals surface area contributed by atoms with Gasteiger partial charge >= 0.3 is 0 Å². The normalized spacial score (nSPS) is 11.9. The van der Waals surface area contributed by atoms with Crippen LogP contribution in [0.3, 0.4) is 0 Å². The number of amides is 1. The third-order valence-electron chi connectivity index (χ3n) is 4.21. The van der Waals surface area contributed by atoms with Crippen LogP contribution in [-0.2, 0) is 11.3 Å². The predicted molar refractivity (Wildman–Crippen MR) is 111 cm³/mol. The number of benzene rings is 2. The molecule has 1 aromatic heterocycles. The first-order valence-corrected chi connectivity index (χ1v) is 9.55. The number of hydrogen-bond donors (Lipinski definition) is 0. The Morgan fingerprint density at radius 1 is 1.24 bits per heavy atom. The van der Waals surface area contributed by atoms with Gasteiger partial charge in [0.2, 0.25) is 0 Å². The van der Waals surface area contributed by atoms with E-state index in [1.54, 1.807) is 26.4 Å². The molecule has 0 saturated carbocycles. The molecule has 0 unspecified atom stereocenters. The Hall–Kier alpha value is -3.46. The summed E-state index contributed by atoms with van der Waals surface area (Å²) in [6, 6.07) is 9.75. The van der Waals surface area contributed by atoms with Crippen molar-refractivity contribution in [2.75, 3.05) is 14.2 Å². The Kier molecular flexibility index (Phi) is 6.08. The topological polar surface area (TPSA) is 96.0 Å². The summed E-state index contributed by atoms with van der Waals surface area (Å²) in [5.41, 5.74) is 1.41. The first-order chi connectivity index (χ1) is 14.0. The molecule has 3 rings (SSSR count). The van der Waals surface area contributed by atoms with Crippen molar-refractivity contribution in [1.29, 1.82) is 0 Å². The highest BCUT2D eigenvalue weighted by Gasteiger charge is 2.12. The first kappa shape index (κ1) is 20.3. The minimum absolute atomic E-state index is 0.0345. The Balaban J connectivity index is 1.97. The van der Waals surface area contributed by atoms with Crippen LogP contribution in [0.4, 0.5) is 5.69 Å². The minimum Gasteiger partial charge on any atom is -0.493 e. The fourth-order valence-corrected chi connectivity index (χ4v) is 3.94. The minimum atomic E-state index is -0.479. The standard InChI is InChI=1S/C20H19N3O5S/c1-4-22-15-11-16(27-2)17(28-3)12-18(15)29-20(22)21-19(24)9-8-13-6-5-7-14(10-13)23(25)26/h5-12H,4H2,1-3H3. The van der Waals surface area contributed by atoms with E-state index < -0.39 is 10.8 Å². The van der Waals surface area contributed by atoms with Crippen molar-refractivity contribution in [3.05, 3.63) is 63.0 Å². The van der Waals surface area contributed by atoms with Gasteiger partial charge in [0.15, 0.2) is 16.3 Å². The second-order valence-corrected chi connectivity index (χ2v) is 6.95. The summed E-state index contributed by atoms with van der Waals surface area (Å²) in [6.07, 6.45) is 2.80. The molecule has 0 bridgehead atoms. The second-order valence-electron chi connectivity index (χ2n) is 5.94. The molecule has 3 aromatic rings. The lowest BCUT2D eigenvalue weighted by atomic mass is 10.2. The van der Waals surface area contributed by atoms with Gasteiger partial charge in [-0.05, 0) is 18.6 Å². The number of methoxy groups -OCH3 is 2. The summed E-state index contributed by atoms with van der Waals surface area (Å²) >= 11 is 1.37. The Morgan fingerprint density at radius 2 is 1.97 bits per heavy atom. The number of ether oxygens (including phenoxy) is 2. The summed E-state index contributed by atoms with van der Waals surface area (Å²) in [4.78, 5) is 27.5. The summed E-state index contributed by atoms with van der Waals surface area (Å²) in [5, 5.41) is 10.9. The van der Waals surface area contributed by atoms with Gasteiger partial charge < -0.3 is 14.0 Å². The quantitative estimate of drug-likeness (QED) is 0.348. The Morgan fingerprint density at radius 3 is 2.62 bits per heavy atom. The molecule has 0 radical (unpaired) electrons. The third kappa shape index (κ3) is 4.35. The third-order valence-corrected chi connectivity index (χ3v) is 5.25. The number of non-ortho nitro benzene ring substituents is 1. The molecule has 1 amide bonds. The van der Waals surface area contributed by atoms with Crippen molar-refractivity contribution in [2.24, 2.45) is 4.99 Å². The van der Waals surface area contributed by atoms with Crippen molar-refractivity contribution in [2.45, 2.75) is 13.5 Å². The second kappa shape index (κ2) is 8.70. The number of carbonyl (C=O) groups excluding carboxylic acids is 1. The number of nitro groups is 1. The van der Waals surface area contributed by atoms with Gasteiger partial charge in [0.25, 0.3) is 11.6 Å². The molecule has 0 spiro atoms. The molecule has 9 heteroatoms. The fraction of sp³-hybridized carbons (Fsp3) is 0.200. The number of hydrogen-bond acceptors (Lipinski definition) is 6. The molecule has 0 N–H and O–H groups in total. The molecule has 0 aliphatic heterocycles. The summed E-state index contributed by atoms with van der Waals surface area (Å²) < 4.78 is 13.5. The number of fused-ring (bicyclic) bond motifs is 1. The van der Waals surface area contributed by atoms with E-state index in [-0.39, 0.29) is 5.69 Å². The van der Waals surface area contributed by atoms with Gasteiger partial charge in [0.05, 0.1) is 29.4 Å². The fourth-order valence-electron chi connectivity index (χ4n) is 2.83. The number of nitro benzene ring substituents is 1. The van der Waals surface area contributed by atoms with Gasteiger partial charge in [0.1, 0.15) is 0 Å². The smallest absolute Gasteiger partial charge is 0.272 e. The number of thiazole rings is 1. The maximum atomic E-state index is 12.4. The number of nitrogens with zero attached hydrogens (tertiary/aromatic N) is 3. The molecular weight excluding hydrogens is 394 g/mol. The predicted octanol–water partition coefficient (Wildman–Crippen LogP) is 3.79. The number of rotatable bonds is 6. The molecule has 1 heterocycles. The zero-order valence-electron chi connectivity index (χ0n) is 16.1. The van der Waals surface area contributed by atoms with Crippen molar-refractivity contribution in [3.8, 4) is 11.5 Å². The van der Waals surface area contributed by atoms with Crippen LogP contribution in [0.15, 0.2) is 47.5 Å².